The molecule has 0 unspecified atom stereocenters. The molecule has 0 radical (unpaired) electrons. The number of carbonyl (C=O) groups is 1. The molecule has 0 aromatic heterocycles. The molecule has 0 aliphatic rings. The Morgan fingerprint density at radius 3 is 2.73 bits per heavy atom. The van der Waals surface area contributed by atoms with Gasteiger partial charge in [0, 0.05) is 0 Å². The topological polar surface area (TPSA) is 70.3 Å². The summed E-state index contributed by atoms with van der Waals surface area (Å²) in [6, 6.07) is 4.78. The molecular formula is C11H11NO3. The van der Waals surface area contributed by atoms with Gasteiger partial charge in [0.25, 0.3) is 0 Å². The summed E-state index contributed by atoms with van der Waals surface area (Å²) in [6.07, 6.45) is 0.488. The number of nitrogens with zero attached hydrogens (tertiary/aromatic N) is 1. The number of nitriles is 1. The molecule has 0 amide bonds. The Kier molecular flexibility index (Phi) is 3.29. The standard InChI is InChI=1S/C11H11NO3/c1-3-8-7(6-12)4-5-9(13)10(8)11(14)15-2/h4-5,13H,3H2,1-2H3. The fourth-order valence-corrected chi connectivity index (χ4v) is 1.44. The van der Waals surface area contributed by atoms with Crippen LogP contribution in [0.15, 0.2) is 12.1 Å². The van der Waals surface area contributed by atoms with E-state index in [4.69, 9.17) is 5.26 Å². The quantitative estimate of drug-likeness (QED) is 0.744. The van der Waals surface area contributed by atoms with Gasteiger partial charge in [-0.1, -0.05) is 6.92 Å². The Morgan fingerprint density at radius 2 is 2.27 bits per heavy atom. The number of methoxy groups -OCH3 is 1. The van der Waals surface area contributed by atoms with E-state index in [9.17, 15) is 9.90 Å². The first kappa shape index (κ1) is 11.1. The highest BCUT2D eigenvalue weighted by Crippen LogP contribution is 2.25. The molecule has 0 saturated heterocycles. The molecule has 1 rings (SSSR count). The number of benzene rings is 1. The number of rotatable bonds is 2. The summed E-state index contributed by atoms with van der Waals surface area (Å²) in [7, 11) is 1.24. The van der Waals surface area contributed by atoms with Crippen LogP contribution < -0.4 is 0 Å². The maximum Gasteiger partial charge on any atom is 0.341 e. The summed E-state index contributed by atoms with van der Waals surface area (Å²) in [5.41, 5.74) is 0.985. The molecule has 0 spiro atoms. The van der Waals surface area contributed by atoms with Crippen LogP contribution in [0.3, 0.4) is 0 Å². The molecular weight excluding hydrogens is 194 g/mol. The van der Waals surface area contributed by atoms with Crippen molar-refractivity contribution in [1.29, 1.82) is 5.26 Å². The average molecular weight is 205 g/mol. The van der Waals surface area contributed by atoms with E-state index in [2.05, 4.69) is 4.74 Å². The van der Waals surface area contributed by atoms with Crippen LogP contribution in [-0.4, -0.2) is 18.2 Å². The largest absolute Gasteiger partial charge is 0.507 e. The van der Waals surface area contributed by atoms with Crippen LogP contribution in [-0.2, 0) is 11.2 Å². The minimum atomic E-state index is -0.624. The lowest BCUT2D eigenvalue weighted by Crippen LogP contribution is -2.07. The van der Waals surface area contributed by atoms with Gasteiger partial charge in [-0.3, -0.25) is 0 Å². The van der Waals surface area contributed by atoms with E-state index in [0.717, 1.165) is 0 Å². The Hall–Kier alpha value is -2.02. The molecule has 0 aliphatic heterocycles. The van der Waals surface area contributed by atoms with Gasteiger partial charge >= 0.3 is 5.97 Å². The molecule has 4 heteroatoms. The van der Waals surface area contributed by atoms with Crippen molar-refractivity contribution in [2.75, 3.05) is 7.11 Å². The van der Waals surface area contributed by atoms with Crippen LogP contribution in [0.1, 0.15) is 28.4 Å². The number of phenolic OH excluding ortho intramolecular Hbond substituents is 1. The van der Waals surface area contributed by atoms with Crippen molar-refractivity contribution in [2.45, 2.75) is 13.3 Å². The number of aromatic hydroxyl groups is 1. The Balaban J connectivity index is 3.47. The van der Waals surface area contributed by atoms with Crippen LogP contribution in [0.25, 0.3) is 0 Å². The Labute approximate surface area is 87.7 Å². The highest BCUT2D eigenvalue weighted by Gasteiger charge is 2.18. The molecule has 0 heterocycles. The average Bonchev–Trinajstić information content (AvgIpc) is 2.27. The van der Waals surface area contributed by atoms with Crippen LogP contribution in [0.5, 0.6) is 5.75 Å². The summed E-state index contributed by atoms with van der Waals surface area (Å²) in [5.74, 6) is -0.779. The molecule has 0 aliphatic carbocycles. The lowest BCUT2D eigenvalue weighted by atomic mass is 9.98. The summed E-state index contributed by atoms with van der Waals surface area (Å²) in [6.45, 7) is 1.81. The molecule has 0 bridgehead atoms. The number of carbonyl (C=O) groups excluding carboxylic acids is 1. The molecule has 0 atom stereocenters. The molecule has 78 valence electrons. The van der Waals surface area contributed by atoms with Gasteiger partial charge in [0.15, 0.2) is 0 Å². The second-order valence-electron chi connectivity index (χ2n) is 2.94. The van der Waals surface area contributed by atoms with Crippen LogP contribution in [0.4, 0.5) is 0 Å². The van der Waals surface area contributed by atoms with Crippen molar-refractivity contribution in [2.24, 2.45) is 0 Å². The third-order valence-electron chi connectivity index (χ3n) is 2.15. The molecule has 4 nitrogen and oxygen atoms in total. The zero-order chi connectivity index (χ0) is 11.4. The number of ether oxygens (including phenoxy) is 1. The normalized spacial score (nSPS) is 9.40. The van der Waals surface area contributed by atoms with Gasteiger partial charge in [-0.25, -0.2) is 4.79 Å². The van der Waals surface area contributed by atoms with E-state index >= 15 is 0 Å². The highest BCUT2D eigenvalue weighted by molar-refractivity contribution is 5.94. The van der Waals surface area contributed by atoms with Gasteiger partial charge in [0.05, 0.1) is 18.7 Å². The smallest absolute Gasteiger partial charge is 0.341 e. The first-order chi connectivity index (χ1) is 7.15. The Morgan fingerprint density at radius 1 is 1.60 bits per heavy atom. The monoisotopic (exact) mass is 205 g/mol. The third kappa shape index (κ3) is 1.91. The fourth-order valence-electron chi connectivity index (χ4n) is 1.44. The third-order valence-corrected chi connectivity index (χ3v) is 2.15. The van der Waals surface area contributed by atoms with E-state index in [1.807, 2.05) is 13.0 Å². The van der Waals surface area contributed by atoms with Crippen molar-refractivity contribution < 1.29 is 14.6 Å². The lowest BCUT2D eigenvalue weighted by molar-refractivity contribution is 0.0596. The summed E-state index contributed by atoms with van der Waals surface area (Å²) >= 11 is 0. The van der Waals surface area contributed by atoms with Gasteiger partial charge in [-0.2, -0.15) is 5.26 Å². The van der Waals surface area contributed by atoms with Crippen molar-refractivity contribution in [3.63, 3.8) is 0 Å². The van der Waals surface area contributed by atoms with Gasteiger partial charge in [0.2, 0.25) is 0 Å². The molecule has 0 fully saturated rings. The number of esters is 1. The maximum atomic E-state index is 11.4. The predicted octanol–water partition coefficient (Wildman–Crippen LogP) is 1.61. The fraction of sp³-hybridized carbons (Fsp3) is 0.273. The zero-order valence-electron chi connectivity index (χ0n) is 8.57. The van der Waals surface area contributed by atoms with Gasteiger partial charge in [-0.05, 0) is 24.1 Å². The first-order valence-corrected chi connectivity index (χ1v) is 4.49. The highest BCUT2D eigenvalue weighted by atomic mass is 16.5. The van der Waals surface area contributed by atoms with E-state index in [1.165, 1.54) is 19.2 Å². The second kappa shape index (κ2) is 4.47. The molecule has 15 heavy (non-hydrogen) atoms. The second-order valence-corrected chi connectivity index (χ2v) is 2.94. The van der Waals surface area contributed by atoms with E-state index < -0.39 is 5.97 Å². The van der Waals surface area contributed by atoms with Crippen molar-refractivity contribution >= 4 is 5.97 Å². The van der Waals surface area contributed by atoms with Gasteiger partial charge in [-0.15, -0.1) is 0 Å². The molecule has 1 aromatic rings. The van der Waals surface area contributed by atoms with Crippen LogP contribution >= 0.6 is 0 Å². The maximum absolute atomic E-state index is 11.4. The van der Waals surface area contributed by atoms with Crippen LogP contribution in [0, 0.1) is 11.3 Å². The summed E-state index contributed by atoms with van der Waals surface area (Å²) in [4.78, 5) is 11.4. The summed E-state index contributed by atoms with van der Waals surface area (Å²) in [5, 5.41) is 18.4. The van der Waals surface area contributed by atoms with E-state index in [-0.39, 0.29) is 11.3 Å². The van der Waals surface area contributed by atoms with Crippen LogP contribution in [0.2, 0.25) is 0 Å². The Bertz CT molecular complexity index is 432. The molecule has 0 saturated carbocycles. The zero-order valence-corrected chi connectivity index (χ0v) is 8.57. The minimum Gasteiger partial charge on any atom is -0.507 e. The lowest BCUT2D eigenvalue weighted by Gasteiger charge is -2.09. The van der Waals surface area contributed by atoms with E-state index in [1.54, 1.807) is 0 Å². The number of hydrogen-bond donors (Lipinski definition) is 1. The SMILES string of the molecule is CCc1c(C#N)ccc(O)c1C(=O)OC. The van der Waals surface area contributed by atoms with Crippen molar-refractivity contribution in [1.82, 2.24) is 0 Å². The molecule has 1 N–H and O–H groups in total. The van der Waals surface area contributed by atoms with Crippen molar-refractivity contribution in [3.05, 3.63) is 28.8 Å². The minimum absolute atomic E-state index is 0.0825. The van der Waals surface area contributed by atoms with Gasteiger partial charge in [0.1, 0.15) is 11.3 Å². The van der Waals surface area contributed by atoms with E-state index in [0.29, 0.717) is 17.5 Å². The predicted molar refractivity (Wildman–Crippen MR) is 53.5 cm³/mol. The number of hydrogen-bond acceptors (Lipinski definition) is 4. The molecule has 1 aromatic carbocycles. The summed E-state index contributed by atoms with van der Waals surface area (Å²) < 4.78 is 4.55. The first-order valence-electron chi connectivity index (χ1n) is 4.49. The number of phenols is 1. The van der Waals surface area contributed by atoms with Gasteiger partial charge < -0.3 is 9.84 Å². The van der Waals surface area contributed by atoms with Crippen molar-refractivity contribution in [3.8, 4) is 11.8 Å².